The third kappa shape index (κ3) is 7.08. The van der Waals surface area contributed by atoms with Gasteiger partial charge in [-0.3, -0.25) is 14.4 Å². The molecule has 0 atom stereocenters. The number of hydrogen-bond acceptors (Lipinski definition) is 4. The predicted molar refractivity (Wildman–Crippen MR) is 75.7 cm³/mol. The number of carboxylic acid groups (broad SMARTS) is 1. The summed E-state index contributed by atoms with van der Waals surface area (Å²) < 4.78 is 4.82. The summed E-state index contributed by atoms with van der Waals surface area (Å²) in [4.78, 5) is 35.4. The van der Waals surface area contributed by atoms with Crippen LogP contribution in [0.1, 0.15) is 38.5 Å². The molecule has 0 aromatic heterocycles. The van der Waals surface area contributed by atoms with E-state index >= 15 is 0 Å². The van der Waals surface area contributed by atoms with E-state index in [1.807, 2.05) is 0 Å². The molecule has 0 saturated carbocycles. The third-order valence-electron chi connectivity index (χ3n) is 3.53. The van der Waals surface area contributed by atoms with Crippen molar-refractivity contribution >= 4 is 17.8 Å². The van der Waals surface area contributed by atoms with Crippen LogP contribution in [0.25, 0.3) is 0 Å². The van der Waals surface area contributed by atoms with Crippen molar-refractivity contribution in [2.75, 3.05) is 26.8 Å². The van der Waals surface area contributed by atoms with Gasteiger partial charge in [-0.25, -0.2) is 0 Å². The molecule has 0 aromatic carbocycles. The normalized spacial score (nSPS) is 15.8. The molecule has 2 N–H and O–H groups in total. The molecule has 1 aliphatic heterocycles. The molecule has 2 amide bonds. The first-order chi connectivity index (χ1) is 10.0. The van der Waals surface area contributed by atoms with Gasteiger partial charge in [0.2, 0.25) is 11.8 Å². The van der Waals surface area contributed by atoms with Gasteiger partial charge in [0.1, 0.15) is 6.61 Å². The minimum Gasteiger partial charge on any atom is -0.481 e. The van der Waals surface area contributed by atoms with E-state index in [0.29, 0.717) is 32.4 Å². The second-order valence-electron chi connectivity index (χ2n) is 5.26. The molecule has 1 heterocycles. The molecule has 1 rings (SSSR count). The second-order valence-corrected chi connectivity index (χ2v) is 5.26. The fourth-order valence-corrected chi connectivity index (χ4v) is 2.35. The molecule has 1 aliphatic rings. The highest BCUT2D eigenvalue weighted by atomic mass is 16.5. The summed E-state index contributed by atoms with van der Waals surface area (Å²) in [6.45, 7) is 1.36. The quantitative estimate of drug-likeness (QED) is 0.632. The maximum absolute atomic E-state index is 11.7. The van der Waals surface area contributed by atoms with Gasteiger partial charge in [0, 0.05) is 39.1 Å². The zero-order valence-electron chi connectivity index (χ0n) is 12.5. The fourth-order valence-electron chi connectivity index (χ4n) is 2.35. The van der Waals surface area contributed by atoms with Crippen LogP contribution >= 0.6 is 0 Å². The lowest BCUT2D eigenvalue weighted by Gasteiger charge is -2.32. The lowest BCUT2D eigenvalue weighted by atomic mass is 10.0. The van der Waals surface area contributed by atoms with E-state index in [-0.39, 0.29) is 30.9 Å². The Hall–Kier alpha value is -1.63. The lowest BCUT2D eigenvalue weighted by Crippen LogP contribution is -2.47. The molecule has 0 unspecified atom stereocenters. The Morgan fingerprint density at radius 1 is 1.19 bits per heavy atom. The number of nitrogens with one attached hydrogen (secondary N) is 1. The van der Waals surface area contributed by atoms with Gasteiger partial charge in [0.15, 0.2) is 0 Å². The average Bonchev–Trinajstić information content (AvgIpc) is 2.44. The fraction of sp³-hybridized carbons (Fsp3) is 0.786. The van der Waals surface area contributed by atoms with Crippen LogP contribution in [0, 0.1) is 0 Å². The Bertz CT molecular complexity index is 364. The smallest absolute Gasteiger partial charge is 0.303 e. The number of rotatable bonds is 8. The number of unbranched alkanes of at least 4 members (excludes halogenated alkanes) is 1. The molecule has 7 nitrogen and oxygen atoms in total. The second kappa shape index (κ2) is 9.33. The predicted octanol–water partition coefficient (Wildman–Crippen LogP) is 0.385. The van der Waals surface area contributed by atoms with Crippen LogP contribution < -0.4 is 5.32 Å². The number of likely N-dealkylation sites (tertiary alicyclic amines) is 1. The number of carboxylic acids is 1. The van der Waals surface area contributed by atoms with Gasteiger partial charge in [-0.15, -0.1) is 0 Å². The number of carbonyl (C=O) groups is 3. The van der Waals surface area contributed by atoms with E-state index < -0.39 is 5.97 Å². The van der Waals surface area contributed by atoms with Gasteiger partial charge in [0.05, 0.1) is 0 Å². The number of amides is 2. The average molecular weight is 300 g/mol. The number of ether oxygens (including phenoxy) is 1. The zero-order chi connectivity index (χ0) is 15.7. The van der Waals surface area contributed by atoms with Gasteiger partial charge < -0.3 is 20.1 Å². The van der Waals surface area contributed by atoms with Crippen LogP contribution in [-0.4, -0.2) is 60.6 Å². The SMILES string of the molecule is COCC(=O)N1CCC(NC(=O)CCCCC(=O)O)CC1. The first-order valence-corrected chi connectivity index (χ1v) is 7.30. The number of carbonyl (C=O) groups excluding carboxylic acids is 2. The van der Waals surface area contributed by atoms with E-state index in [9.17, 15) is 14.4 Å². The Labute approximate surface area is 124 Å². The number of nitrogens with zero attached hydrogens (tertiary/aromatic N) is 1. The molecule has 0 spiro atoms. The topological polar surface area (TPSA) is 95.9 Å². The van der Waals surface area contributed by atoms with Gasteiger partial charge >= 0.3 is 5.97 Å². The largest absolute Gasteiger partial charge is 0.481 e. The Morgan fingerprint density at radius 2 is 1.81 bits per heavy atom. The molecular formula is C14H24N2O5. The number of piperidine rings is 1. The van der Waals surface area contributed by atoms with Crippen LogP contribution in [-0.2, 0) is 19.1 Å². The maximum Gasteiger partial charge on any atom is 0.303 e. The van der Waals surface area contributed by atoms with Crippen molar-refractivity contribution in [2.24, 2.45) is 0 Å². The van der Waals surface area contributed by atoms with Crippen LogP contribution in [0.15, 0.2) is 0 Å². The highest BCUT2D eigenvalue weighted by molar-refractivity contribution is 5.78. The molecular weight excluding hydrogens is 276 g/mol. The minimum absolute atomic E-state index is 0.0176. The zero-order valence-corrected chi connectivity index (χ0v) is 12.5. The molecule has 0 aromatic rings. The van der Waals surface area contributed by atoms with Gasteiger partial charge in [-0.05, 0) is 25.7 Å². The number of aliphatic carboxylic acids is 1. The Morgan fingerprint density at radius 3 is 2.38 bits per heavy atom. The monoisotopic (exact) mass is 300 g/mol. The molecule has 120 valence electrons. The molecule has 7 heteroatoms. The first kappa shape index (κ1) is 17.4. The van der Waals surface area contributed by atoms with Crippen molar-refractivity contribution in [2.45, 2.75) is 44.6 Å². The summed E-state index contributed by atoms with van der Waals surface area (Å²) in [7, 11) is 1.50. The van der Waals surface area contributed by atoms with Crippen molar-refractivity contribution in [3.8, 4) is 0 Å². The summed E-state index contributed by atoms with van der Waals surface area (Å²) in [6, 6.07) is 0.101. The van der Waals surface area contributed by atoms with E-state index in [0.717, 1.165) is 12.8 Å². The van der Waals surface area contributed by atoms with Crippen molar-refractivity contribution in [1.82, 2.24) is 10.2 Å². The minimum atomic E-state index is -0.830. The molecule has 0 radical (unpaired) electrons. The summed E-state index contributed by atoms with van der Waals surface area (Å²) in [5, 5.41) is 11.4. The van der Waals surface area contributed by atoms with Crippen LogP contribution in [0.3, 0.4) is 0 Å². The highest BCUT2D eigenvalue weighted by Gasteiger charge is 2.23. The Kier molecular flexibility index (Phi) is 7.74. The number of methoxy groups -OCH3 is 1. The summed E-state index contributed by atoms with van der Waals surface area (Å²) >= 11 is 0. The van der Waals surface area contributed by atoms with Crippen LogP contribution in [0.4, 0.5) is 0 Å². The van der Waals surface area contributed by atoms with E-state index in [1.54, 1.807) is 4.90 Å². The summed E-state index contributed by atoms with van der Waals surface area (Å²) in [5.74, 6) is -0.887. The van der Waals surface area contributed by atoms with E-state index in [1.165, 1.54) is 7.11 Å². The lowest BCUT2D eigenvalue weighted by molar-refractivity contribution is -0.138. The molecule has 21 heavy (non-hydrogen) atoms. The molecule has 0 aliphatic carbocycles. The number of hydrogen-bond donors (Lipinski definition) is 2. The van der Waals surface area contributed by atoms with E-state index in [4.69, 9.17) is 9.84 Å². The van der Waals surface area contributed by atoms with Gasteiger partial charge in [-0.2, -0.15) is 0 Å². The third-order valence-corrected chi connectivity index (χ3v) is 3.53. The van der Waals surface area contributed by atoms with Crippen molar-refractivity contribution in [3.63, 3.8) is 0 Å². The molecule has 0 bridgehead atoms. The van der Waals surface area contributed by atoms with Crippen molar-refractivity contribution in [3.05, 3.63) is 0 Å². The van der Waals surface area contributed by atoms with Gasteiger partial charge in [-0.1, -0.05) is 0 Å². The van der Waals surface area contributed by atoms with E-state index in [2.05, 4.69) is 5.32 Å². The van der Waals surface area contributed by atoms with Crippen molar-refractivity contribution < 1.29 is 24.2 Å². The summed E-state index contributed by atoms with van der Waals surface area (Å²) in [6.07, 6.45) is 3.06. The van der Waals surface area contributed by atoms with Crippen molar-refractivity contribution in [1.29, 1.82) is 0 Å². The van der Waals surface area contributed by atoms with Crippen LogP contribution in [0.5, 0.6) is 0 Å². The van der Waals surface area contributed by atoms with Gasteiger partial charge in [0.25, 0.3) is 0 Å². The first-order valence-electron chi connectivity index (χ1n) is 7.30. The maximum atomic E-state index is 11.7. The molecule has 1 fully saturated rings. The van der Waals surface area contributed by atoms with Crippen LogP contribution in [0.2, 0.25) is 0 Å². The molecule has 1 saturated heterocycles. The Balaban J connectivity index is 2.15. The highest BCUT2D eigenvalue weighted by Crippen LogP contribution is 2.11. The standard InChI is InChI=1S/C14H24N2O5/c1-21-10-13(18)16-8-6-11(7-9-16)15-12(17)4-2-3-5-14(19)20/h11H,2-10H2,1H3,(H,15,17)(H,19,20). The summed E-state index contributed by atoms with van der Waals surface area (Å²) in [5.41, 5.74) is 0.